The van der Waals surface area contributed by atoms with Crippen molar-refractivity contribution in [2.75, 3.05) is 0 Å². The van der Waals surface area contributed by atoms with Crippen LogP contribution in [0.3, 0.4) is 0 Å². The largest absolute Gasteiger partial charge is 0.393 e. The molecule has 1 N–H and O–H groups in total. The highest BCUT2D eigenvalue weighted by Gasteiger charge is 2.20. The quantitative estimate of drug-likeness (QED) is 0.446. The molecule has 1 aromatic carbocycles. The zero-order valence-electron chi connectivity index (χ0n) is 17.3. The number of Topliss-reactive ketones (excluding diaryl/α,β-unsaturated/α-hetero) is 1. The second kappa shape index (κ2) is 9.79. The Kier molecular flexibility index (Phi) is 6.67. The van der Waals surface area contributed by atoms with Gasteiger partial charge in [-0.25, -0.2) is 9.07 Å². The van der Waals surface area contributed by atoms with Gasteiger partial charge in [-0.05, 0) is 48.2 Å². The lowest BCUT2D eigenvalue weighted by Gasteiger charge is -2.24. The van der Waals surface area contributed by atoms with Crippen molar-refractivity contribution in [1.29, 1.82) is 0 Å². The number of aliphatic hydroxyl groups excluding tert-OH is 1. The van der Waals surface area contributed by atoms with E-state index in [1.54, 1.807) is 23.0 Å². The van der Waals surface area contributed by atoms with E-state index in [0.29, 0.717) is 12.0 Å². The molecule has 2 atom stereocenters. The molecule has 160 valence electrons. The average Bonchev–Trinajstić information content (AvgIpc) is 3.32. The standard InChI is InChI=1S/C25H26FN3O2/c26-22-17-27-23(25(31)8-3-6-19-5-1-2-7-24(19)30)16-20(22)15-18-9-11-21(12-10-18)29-14-4-13-28-29/h3-4,6,9-14,16-17,19,24,30H,1-2,5,7-8,15H2/b6-3+/t19-,24+/m1/s1. The molecular formula is C25H26FN3O2. The number of allylic oxidation sites excluding steroid dienone is 1. The lowest BCUT2D eigenvalue weighted by atomic mass is 9.86. The van der Waals surface area contributed by atoms with Crippen LogP contribution in [0.2, 0.25) is 0 Å². The van der Waals surface area contributed by atoms with Crippen LogP contribution < -0.4 is 0 Å². The SMILES string of the molecule is O=C(C/C=C/[C@H]1CCCC[C@@H]1O)c1cc(Cc2ccc(-n3cccn3)cc2)c(F)cn1. The average molecular weight is 420 g/mol. The van der Waals surface area contributed by atoms with Crippen molar-refractivity contribution in [1.82, 2.24) is 14.8 Å². The summed E-state index contributed by atoms with van der Waals surface area (Å²) in [6.45, 7) is 0. The van der Waals surface area contributed by atoms with Gasteiger partial charge in [-0.2, -0.15) is 5.10 Å². The number of hydrogen-bond donors (Lipinski definition) is 1. The van der Waals surface area contributed by atoms with Crippen LogP contribution in [0.25, 0.3) is 5.69 Å². The molecule has 4 rings (SSSR count). The van der Waals surface area contributed by atoms with Crippen molar-refractivity contribution in [3.05, 3.63) is 89.8 Å². The molecule has 0 bridgehead atoms. The van der Waals surface area contributed by atoms with Gasteiger partial charge in [0.05, 0.1) is 18.0 Å². The van der Waals surface area contributed by atoms with Crippen molar-refractivity contribution in [3.63, 3.8) is 0 Å². The minimum atomic E-state index is -0.423. The molecule has 3 aromatic rings. The van der Waals surface area contributed by atoms with Crippen molar-refractivity contribution in [2.45, 2.75) is 44.6 Å². The van der Waals surface area contributed by atoms with Crippen LogP contribution in [0, 0.1) is 11.7 Å². The molecule has 6 heteroatoms. The fourth-order valence-electron chi connectivity index (χ4n) is 4.00. The van der Waals surface area contributed by atoms with E-state index in [1.807, 2.05) is 42.6 Å². The molecule has 5 nitrogen and oxygen atoms in total. The highest BCUT2D eigenvalue weighted by molar-refractivity contribution is 5.95. The number of halogens is 1. The second-order valence-electron chi connectivity index (χ2n) is 8.03. The Morgan fingerprint density at radius 2 is 2.03 bits per heavy atom. The maximum Gasteiger partial charge on any atom is 0.184 e. The molecule has 1 saturated carbocycles. The van der Waals surface area contributed by atoms with E-state index < -0.39 is 5.82 Å². The third kappa shape index (κ3) is 5.33. The van der Waals surface area contributed by atoms with Crippen molar-refractivity contribution >= 4 is 5.78 Å². The number of ketones is 1. The minimum absolute atomic E-state index is 0.114. The molecule has 0 saturated heterocycles. The predicted octanol–water partition coefficient (Wildman–Crippen LogP) is 4.68. The van der Waals surface area contributed by atoms with Gasteiger partial charge in [0.25, 0.3) is 0 Å². The Bertz CT molecular complexity index is 1050. The van der Waals surface area contributed by atoms with Crippen LogP contribution in [0.5, 0.6) is 0 Å². The first kappa shape index (κ1) is 21.1. The van der Waals surface area contributed by atoms with E-state index in [1.165, 1.54) is 0 Å². The Morgan fingerprint density at radius 3 is 2.77 bits per heavy atom. The molecule has 1 fully saturated rings. The normalized spacial score (nSPS) is 19.0. The third-order valence-corrected chi connectivity index (χ3v) is 5.79. The predicted molar refractivity (Wildman–Crippen MR) is 117 cm³/mol. The number of rotatable bonds is 7. The molecule has 0 amide bonds. The van der Waals surface area contributed by atoms with Gasteiger partial charge in [-0.15, -0.1) is 0 Å². The summed E-state index contributed by atoms with van der Waals surface area (Å²) in [4.78, 5) is 16.5. The fourth-order valence-corrected chi connectivity index (χ4v) is 4.00. The number of aliphatic hydroxyl groups is 1. The first-order chi connectivity index (χ1) is 15.1. The van der Waals surface area contributed by atoms with E-state index in [2.05, 4.69) is 10.1 Å². The van der Waals surface area contributed by atoms with Crippen molar-refractivity contribution in [3.8, 4) is 5.69 Å². The van der Waals surface area contributed by atoms with Crippen molar-refractivity contribution in [2.24, 2.45) is 5.92 Å². The number of nitrogens with zero attached hydrogens (tertiary/aromatic N) is 3. The summed E-state index contributed by atoms with van der Waals surface area (Å²) in [6, 6.07) is 11.1. The van der Waals surface area contributed by atoms with Gasteiger partial charge in [0.2, 0.25) is 0 Å². The Labute approximate surface area is 181 Å². The van der Waals surface area contributed by atoms with Gasteiger partial charge in [0, 0.05) is 31.2 Å². The Morgan fingerprint density at radius 1 is 1.23 bits per heavy atom. The van der Waals surface area contributed by atoms with E-state index in [0.717, 1.165) is 43.1 Å². The van der Waals surface area contributed by atoms with Crippen LogP contribution in [-0.4, -0.2) is 31.8 Å². The van der Waals surface area contributed by atoms with Gasteiger partial charge >= 0.3 is 0 Å². The lowest BCUT2D eigenvalue weighted by Crippen LogP contribution is -2.22. The summed E-state index contributed by atoms with van der Waals surface area (Å²) in [7, 11) is 0. The van der Waals surface area contributed by atoms with Crippen LogP contribution in [0.15, 0.2) is 67.1 Å². The maximum absolute atomic E-state index is 14.3. The van der Waals surface area contributed by atoms with Gasteiger partial charge in [-0.3, -0.25) is 9.78 Å². The van der Waals surface area contributed by atoms with E-state index in [9.17, 15) is 14.3 Å². The summed E-state index contributed by atoms with van der Waals surface area (Å²) in [5, 5.41) is 14.2. The summed E-state index contributed by atoms with van der Waals surface area (Å²) >= 11 is 0. The zero-order valence-corrected chi connectivity index (χ0v) is 17.3. The topological polar surface area (TPSA) is 68.0 Å². The van der Waals surface area contributed by atoms with Gasteiger partial charge in [-0.1, -0.05) is 37.1 Å². The molecule has 0 unspecified atom stereocenters. The molecule has 2 aromatic heterocycles. The molecule has 2 heterocycles. The number of carbonyl (C=O) groups is 1. The smallest absolute Gasteiger partial charge is 0.184 e. The van der Waals surface area contributed by atoms with Crippen LogP contribution in [-0.2, 0) is 6.42 Å². The van der Waals surface area contributed by atoms with Crippen LogP contribution >= 0.6 is 0 Å². The monoisotopic (exact) mass is 419 g/mol. The first-order valence-corrected chi connectivity index (χ1v) is 10.7. The number of aromatic nitrogens is 3. The number of carbonyl (C=O) groups excluding carboxylic acids is 1. The third-order valence-electron chi connectivity index (χ3n) is 5.79. The van der Waals surface area contributed by atoms with Crippen LogP contribution in [0.1, 0.15) is 53.7 Å². The molecule has 1 aliphatic carbocycles. The van der Waals surface area contributed by atoms with Gasteiger partial charge < -0.3 is 5.11 Å². The zero-order chi connectivity index (χ0) is 21.6. The van der Waals surface area contributed by atoms with E-state index >= 15 is 0 Å². The highest BCUT2D eigenvalue weighted by Crippen LogP contribution is 2.25. The number of benzene rings is 1. The summed E-state index contributed by atoms with van der Waals surface area (Å²) in [6.07, 6.45) is 12.6. The Hall–Kier alpha value is -3.12. The molecule has 0 spiro atoms. The molecule has 0 aliphatic heterocycles. The minimum Gasteiger partial charge on any atom is -0.393 e. The molecule has 0 radical (unpaired) electrons. The second-order valence-corrected chi connectivity index (χ2v) is 8.03. The summed E-state index contributed by atoms with van der Waals surface area (Å²) in [5.41, 5.74) is 2.57. The highest BCUT2D eigenvalue weighted by atomic mass is 19.1. The van der Waals surface area contributed by atoms with E-state index in [4.69, 9.17) is 0 Å². The summed E-state index contributed by atoms with van der Waals surface area (Å²) in [5.74, 6) is -0.464. The molecular weight excluding hydrogens is 393 g/mol. The molecule has 31 heavy (non-hydrogen) atoms. The maximum atomic E-state index is 14.3. The molecule has 1 aliphatic rings. The van der Waals surface area contributed by atoms with E-state index in [-0.39, 0.29) is 29.9 Å². The lowest BCUT2D eigenvalue weighted by molar-refractivity contribution is 0.0920. The fraction of sp³-hybridized carbons (Fsp3) is 0.320. The van der Waals surface area contributed by atoms with Gasteiger partial charge in [0.1, 0.15) is 11.5 Å². The number of pyridine rings is 1. The summed E-state index contributed by atoms with van der Waals surface area (Å²) < 4.78 is 16.1. The first-order valence-electron chi connectivity index (χ1n) is 10.7. The number of hydrogen-bond acceptors (Lipinski definition) is 4. The van der Waals surface area contributed by atoms with Crippen LogP contribution in [0.4, 0.5) is 4.39 Å². The Balaban J connectivity index is 1.41. The van der Waals surface area contributed by atoms with Crippen molar-refractivity contribution < 1.29 is 14.3 Å². The van der Waals surface area contributed by atoms with Gasteiger partial charge in [0.15, 0.2) is 5.78 Å².